The lowest BCUT2D eigenvalue weighted by Gasteiger charge is -2.47. The van der Waals surface area contributed by atoms with Crippen LogP contribution in [0.3, 0.4) is 0 Å². The summed E-state index contributed by atoms with van der Waals surface area (Å²) in [5.74, 6) is 1.58. The van der Waals surface area contributed by atoms with E-state index >= 15 is 0 Å². The topological polar surface area (TPSA) is 153 Å². The number of carbonyl (C=O) groups is 1. The number of amides is 1. The van der Waals surface area contributed by atoms with Gasteiger partial charge in [0.15, 0.2) is 11.6 Å². The Morgan fingerprint density at radius 2 is 1.97 bits per heavy atom. The number of H-pyrrole nitrogens is 2. The number of nitrogens with two attached hydrogens (primary N) is 1. The molecule has 2 aliphatic heterocycles. The summed E-state index contributed by atoms with van der Waals surface area (Å²) in [6, 6.07) is 3.91. The molecule has 3 aromatic heterocycles. The number of halogens is 1. The molecule has 38 heavy (non-hydrogen) atoms. The van der Waals surface area contributed by atoms with Gasteiger partial charge in [-0.3, -0.25) is 19.6 Å². The summed E-state index contributed by atoms with van der Waals surface area (Å²) in [5, 5.41) is 7.16. The second kappa shape index (κ2) is 11.1. The quantitative estimate of drug-likeness (QED) is 0.399. The molecule has 5 heterocycles. The molecule has 1 amide bonds. The van der Waals surface area contributed by atoms with Crippen LogP contribution in [0.5, 0.6) is 0 Å². The van der Waals surface area contributed by atoms with Crippen LogP contribution in [0, 0.1) is 6.92 Å². The monoisotopic (exact) mass is 540 g/mol. The van der Waals surface area contributed by atoms with Crippen molar-refractivity contribution < 1.29 is 4.79 Å². The summed E-state index contributed by atoms with van der Waals surface area (Å²) in [6.07, 6.45) is 5.46. The van der Waals surface area contributed by atoms with Crippen molar-refractivity contribution in [1.29, 1.82) is 0 Å². The maximum Gasteiger partial charge on any atom is 0.291 e. The minimum Gasteiger partial charge on any atom is -0.383 e. The molecule has 13 heteroatoms. The zero-order chi connectivity index (χ0) is 26.8. The number of pyridine rings is 1. The normalized spacial score (nSPS) is 19.2. The highest BCUT2D eigenvalue weighted by atomic mass is 35.5. The molecule has 0 saturated carbocycles. The molecule has 1 atom stereocenters. The zero-order valence-corrected chi connectivity index (χ0v) is 22.4. The number of aromatic amines is 2. The van der Waals surface area contributed by atoms with Gasteiger partial charge >= 0.3 is 0 Å². The van der Waals surface area contributed by atoms with E-state index in [2.05, 4.69) is 46.9 Å². The van der Waals surface area contributed by atoms with Crippen LogP contribution in [0.4, 0.5) is 11.6 Å². The Labute approximate surface area is 225 Å². The van der Waals surface area contributed by atoms with Gasteiger partial charge in [0.2, 0.25) is 0 Å². The molecule has 202 valence electrons. The number of aryl methyl sites for hydroxylation is 1. The zero-order valence-electron chi connectivity index (χ0n) is 21.7. The highest BCUT2D eigenvalue weighted by Crippen LogP contribution is 2.27. The first-order valence-corrected chi connectivity index (χ1v) is 13.4. The van der Waals surface area contributed by atoms with E-state index in [4.69, 9.17) is 17.3 Å². The molecule has 2 aliphatic rings. The Balaban J connectivity index is 1.23. The Bertz CT molecular complexity index is 1350. The highest BCUT2D eigenvalue weighted by molar-refractivity contribution is 6.29. The molecule has 4 N–H and O–H groups in total. The van der Waals surface area contributed by atoms with Crippen LogP contribution in [0.25, 0.3) is 11.5 Å². The minimum atomic E-state index is -0.239. The molecular formula is C25H33ClN10O2. The van der Waals surface area contributed by atoms with Crippen molar-refractivity contribution in [2.45, 2.75) is 51.6 Å². The van der Waals surface area contributed by atoms with E-state index in [-0.39, 0.29) is 22.4 Å². The lowest BCUT2D eigenvalue weighted by atomic mass is 9.97. The van der Waals surface area contributed by atoms with Gasteiger partial charge in [-0.25, -0.2) is 15.0 Å². The fraction of sp³-hybridized carbons (Fsp3) is 0.520. The molecule has 0 aromatic carbocycles. The molecule has 2 fully saturated rings. The van der Waals surface area contributed by atoms with Crippen molar-refractivity contribution in [1.82, 2.24) is 39.9 Å². The van der Waals surface area contributed by atoms with Gasteiger partial charge in [-0.05, 0) is 38.3 Å². The third-order valence-electron chi connectivity index (χ3n) is 7.40. The largest absolute Gasteiger partial charge is 0.383 e. The van der Waals surface area contributed by atoms with Gasteiger partial charge in [-0.1, -0.05) is 24.9 Å². The van der Waals surface area contributed by atoms with Gasteiger partial charge in [0.25, 0.3) is 11.5 Å². The van der Waals surface area contributed by atoms with Crippen molar-refractivity contribution >= 4 is 29.1 Å². The van der Waals surface area contributed by atoms with Crippen LogP contribution in [-0.4, -0.2) is 90.6 Å². The van der Waals surface area contributed by atoms with Crippen LogP contribution < -0.4 is 16.2 Å². The first-order chi connectivity index (χ1) is 18.3. The smallest absolute Gasteiger partial charge is 0.291 e. The molecule has 3 aromatic rings. The molecule has 0 radical (unpaired) electrons. The number of hydrogen-bond acceptors (Lipinski definition) is 9. The van der Waals surface area contributed by atoms with Crippen molar-refractivity contribution in [3.8, 4) is 11.5 Å². The minimum absolute atomic E-state index is 0.103. The second-order valence-corrected chi connectivity index (χ2v) is 10.3. The second-order valence-electron chi connectivity index (χ2n) is 9.91. The predicted molar refractivity (Wildman–Crippen MR) is 145 cm³/mol. The number of hydrogen-bond donors (Lipinski definition) is 3. The van der Waals surface area contributed by atoms with E-state index in [1.54, 1.807) is 25.3 Å². The fourth-order valence-corrected chi connectivity index (χ4v) is 5.69. The number of carbonyl (C=O) groups excluding carboxylic acids is 1. The van der Waals surface area contributed by atoms with Crippen LogP contribution >= 0.6 is 11.6 Å². The summed E-state index contributed by atoms with van der Waals surface area (Å²) in [7, 11) is 0. The lowest BCUT2D eigenvalue weighted by Crippen LogP contribution is -2.59. The molecule has 0 bridgehead atoms. The van der Waals surface area contributed by atoms with E-state index in [1.165, 1.54) is 0 Å². The summed E-state index contributed by atoms with van der Waals surface area (Å²) in [6.45, 7) is 7.58. The average Bonchev–Trinajstić information content (AvgIpc) is 3.35. The molecule has 5 rings (SSSR count). The molecule has 2 saturated heterocycles. The van der Waals surface area contributed by atoms with Crippen LogP contribution in [-0.2, 0) is 0 Å². The summed E-state index contributed by atoms with van der Waals surface area (Å²) in [4.78, 5) is 48.1. The summed E-state index contributed by atoms with van der Waals surface area (Å²) in [5.41, 5.74) is 6.59. The lowest BCUT2D eigenvalue weighted by molar-refractivity contribution is 0.0481. The van der Waals surface area contributed by atoms with Crippen molar-refractivity contribution in [3.63, 3.8) is 0 Å². The van der Waals surface area contributed by atoms with Crippen molar-refractivity contribution in [2.24, 2.45) is 0 Å². The summed E-state index contributed by atoms with van der Waals surface area (Å²) < 4.78 is 0. The van der Waals surface area contributed by atoms with Crippen LogP contribution in [0.1, 0.15) is 48.8 Å². The van der Waals surface area contributed by atoms with Gasteiger partial charge < -0.3 is 20.5 Å². The van der Waals surface area contributed by atoms with Gasteiger partial charge in [0.05, 0.1) is 11.8 Å². The average molecular weight is 541 g/mol. The van der Waals surface area contributed by atoms with Gasteiger partial charge in [0, 0.05) is 44.8 Å². The number of nitrogens with zero attached hydrogens (tertiary/aromatic N) is 7. The van der Waals surface area contributed by atoms with Gasteiger partial charge in [0.1, 0.15) is 22.5 Å². The number of nitrogens with one attached hydrogen (secondary N) is 2. The first kappa shape index (κ1) is 26.1. The standard InChI is InChI=1S/C25H33ClN10O2/c1-3-4-17-14-35(23-24(37)30-19(13-28-23)22-29-15(2)32-33-22)11-12-36(17)16-7-9-34(10-8-16)25(38)18-5-6-20(26)31-21(18)27/h5-6,13,16-17H,3-4,7-12,14H2,1-2H3,(H2,27,31)(H,30,37)(H,29,32,33). The van der Waals surface area contributed by atoms with E-state index < -0.39 is 0 Å². The van der Waals surface area contributed by atoms with Gasteiger partial charge in [-0.2, -0.15) is 5.10 Å². The molecule has 12 nitrogen and oxygen atoms in total. The highest BCUT2D eigenvalue weighted by Gasteiger charge is 2.35. The molecule has 1 unspecified atom stereocenters. The van der Waals surface area contributed by atoms with Crippen molar-refractivity contribution in [3.05, 3.63) is 45.2 Å². The molecule has 0 aliphatic carbocycles. The molecular weight excluding hydrogens is 508 g/mol. The number of likely N-dealkylation sites (tertiary alicyclic amines) is 1. The number of nitrogen functional groups attached to an aromatic ring is 1. The number of rotatable bonds is 6. The Morgan fingerprint density at radius 3 is 2.63 bits per heavy atom. The van der Waals surface area contributed by atoms with E-state index in [0.717, 1.165) is 38.8 Å². The number of piperazine rings is 1. The SMILES string of the molecule is CCCC1CN(c2ncc(-c3n[nH]c(C)n3)[nH]c2=O)CCN1C1CCN(C(=O)c2ccc(Cl)nc2N)CC1. The van der Waals surface area contributed by atoms with Crippen LogP contribution in [0.15, 0.2) is 23.1 Å². The predicted octanol–water partition coefficient (Wildman–Crippen LogP) is 2.09. The number of anilines is 2. The maximum atomic E-state index is 13.0. The maximum absolute atomic E-state index is 13.0. The third kappa shape index (κ3) is 5.37. The third-order valence-corrected chi connectivity index (χ3v) is 7.61. The van der Waals surface area contributed by atoms with E-state index in [0.29, 0.717) is 60.4 Å². The van der Waals surface area contributed by atoms with Crippen LogP contribution in [0.2, 0.25) is 5.15 Å². The van der Waals surface area contributed by atoms with Gasteiger partial charge in [-0.15, -0.1) is 0 Å². The first-order valence-electron chi connectivity index (χ1n) is 13.0. The molecule has 0 spiro atoms. The fourth-order valence-electron chi connectivity index (χ4n) is 5.53. The Morgan fingerprint density at radius 1 is 1.18 bits per heavy atom. The number of aromatic nitrogens is 6. The van der Waals surface area contributed by atoms with Crippen molar-refractivity contribution in [2.75, 3.05) is 43.4 Å². The Hall–Kier alpha value is -3.51. The summed E-state index contributed by atoms with van der Waals surface area (Å²) >= 11 is 5.89. The Kier molecular flexibility index (Phi) is 7.61. The number of piperidine rings is 1. The van der Waals surface area contributed by atoms with E-state index in [1.807, 2.05) is 4.90 Å². The van der Waals surface area contributed by atoms with E-state index in [9.17, 15) is 9.59 Å².